The van der Waals surface area contributed by atoms with Crippen molar-refractivity contribution in [2.75, 3.05) is 13.6 Å². The Morgan fingerprint density at radius 1 is 1.33 bits per heavy atom. The first-order valence-electron chi connectivity index (χ1n) is 3.38. The van der Waals surface area contributed by atoms with Gasteiger partial charge in [-0.05, 0) is 27.7 Å². The average molecular weight is 131 g/mol. The van der Waals surface area contributed by atoms with Crippen molar-refractivity contribution in [3.8, 4) is 0 Å². The summed E-state index contributed by atoms with van der Waals surface area (Å²) in [4.78, 5) is 0. The lowest BCUT2D eigenvalue weighted by Gasteiger charge is -2.49. The number of hydroxylamine groups is 3. The topological polar surface area (TPSA) is 23.1 Å². The van der Waals surface area contributed by atoms with Crippen molar-refractivity contribution >= 4 is 0 Å². The van der Waals surface area contributed by atoms with Crippen LogP contribution in [0.2, 0.25) is 0 Å². The normalized spacial score (nSPS) is 19.3. The molecule has 0 aliphatic rings. The molecule has 0 fully saturated rings. The third kappa shape index (κ3) is 1.95. The van der Waals surface area contributed by atoms with E-state index in [9.17, 15) is 5.21 Å². The maximum atomic E-state index is 11.4. The Balaban J connectivity index is 4.14. The van der Waals surface area contributed by atoms with Gasteiger partial charge in [-0.2, -0.15) is 0 Å². The van der Waals surface area contributed by atoms with Crippen molar-refractivity contribution in [1.29, 1.82) is 0 Å². The molecule has 0 radical (unpaired) electrons. The van der Waals surface area contributed by atoms with E-state index in [1.807, 2.05) is 27.7 Å². The first-order chi connectivity index (χ1) is 3.81. The maximum Gasteiger partial charge on any atom is 0.0902 e. The van der Waals surface area contributed by atoms with Crippen LogP contribution in [0.5, 0.6) is 0 Å². The van der Waals surface area contributed by atoms with E-state index < -0.39 is 0 Å². The molecule has 0 saturated carbocycles. The highest BCUT2D eigenvalue weighted by atomic mass is 16.5. The number of hydrogen-bond acceptors (Lipinski definition) is 1. The Morgan fingerprint density at radius 2 is 1.67 bits per heavy atom. The highest BCUT2D eigenvalue weighted by Crippen LogP contribution is 2.18. The van der Waals surface area contributed by atoms with E-state index in [2.05, 4.69) is 0 Å². The Labute approximate surface area is 57.6 Å². The third-order valence-electron chi connectivity index (χ3n) is 2.02. The molecule has 0 aliphatic carbocycles. The molecule has 0 heterocycles. The lowest BCUT2D eigenvalue weighted by Crippen LogP contribution is -2.52. The quantitative estimate of drug-likeness (QED) is 0.392. The molecule has 1 unspecified atom stereocenters. The van der Waals surface area contributed by atoms with Gasteiger partial charge in [0, 0.05) is 0 Å². The summed E-state index contributed by atoms with van der Waals surface area (Å²) in [6.45, 7) is 8.44. The van der Waals surface area contributed by atoms with Crippen LogP contribution in [0.25, 0.3) is 0 Å². The zero-order chi connectivity index (χ0) is 7.71. The summed E-state index contributed by atoms with van der Waals surface area (Å²) in [7, 11) is 1.71. The molecule has 9 heavy (non-hydrogen) atoms. The van der Waals surface area contributed by atoms with Crippen molar-refractivity contribution in [1.82, 2.24) is 0 Å². The summed E-state index contributed by atoms with van der Waals surface area (Å²) in [5, 5.41) is 11.4. The molecule has 1 atom stereocenters. The molecule has 0 aromatic carbocycles. The van der Waals surface area contributed by atoms with Gasteiger partial charge >= 0.3 is 0 Å². The van der Waals surface area contributed by atoms with E-state index in [1.54, 1.807) is 7.05 Å². The van der Waals surface area contributed by atoms with Gasteiger partial charge in [-0.15, -0.1) is 0 Å². The molecule has 0 aromatic rings. The SMILES string of the molecule is CC[N+](C)([O-])C(C)(C)C. The fraction of sp³-hybridized carbons (Fsp3) is 1.00. The van der Waals surface area contributed by atoms with Crippen LogP contribution in [0.3, 0.4) is 0 Å². The molecule has 0 aromatic heterocycles. The van der Waals surface area contributed by atoms with Crippen molar-refractivity contribution in [2.45, 2.75) is 33.2 Å². The minimum Gasteiger partial charge on any atom is -0.633 e. The van der Waals surface area contributed by atoms with Gasteiger partial charge in [-0.1, -0.05) is 0 Å². The van der Waals surface area contributed by atoms with Crippen LogP contribution in [-0.2, 0) is 0 Å². The predicted molar refractivity (Wildman–Crippen MR) is 39.8 cm³/mol. The van der Waals surface area contributed by atoms with Gasteiger partial charge in [0.25, 0.3) is 0 Å². The summed E-state index contributed by atoms with van der Waals surface area (Å²) in [6.07, 6.45) is 0. The Hall–Kier alpha value is -0.0800. The largest absolute Gasteiger partial charge is 0.633 e. The highest BCUT2D eigenvalue weighted by Gasteiger charge is 2.25. The standard InChI is InChI=1S/C7H17NO/c1-6-8(5,9)7(2,3)4/h6H2,1-5H3. The smallest absolute Gasteiger partial charge is 0.0902 e. The van der Waals surface area contributed by atoms with Crippen LogP contribution in [0.4, 0.5) is 0 Å². The zero-order valence-electron chi connectivity index (χ0n) is 7.06. The van der Waals surface area contributed by atoms with E-state index >= 15 is 0 Å². The highest BCUT2D eigenvalue weighted by molar-refractivity contribution is 4.61. The minimum atomic E-state index is -0.172. The molecule has 2 heteroatoms. The molecule has 0 saturated heterocycles. The predicted octanol–water partition coefficient (Wildman–Crippen LogP) is 1.75. The van der Waals surface area contributed by atoms with Crippen LogP contribution in [0.15, 0.2) is 0 Å². The lowest BCUT2D eigenvalue weighted by atomic mass is 10.1. The van der Waals surface area contributed by atoms with Crippen LogP contribution < -0.4 is 0 Å². The van der Waals surface area contributed by atoms with Crippen molar-refractivity contribution in [3.05, 3.63) is 5.21 Å². The third-order valence-corrected chi connectivity index (χ3v) is 2.02. The van der Waals surface area contributed by atoms with Crippen molar-refractivity contribution in [3.63, 3.8) is 0 Å². The Kier molecular flexibility index (Phi) is 2.25. The monoisotopic (exact) mass is 131 g/mol. The number of quaternary nitrogens is 1. The fourth-order valence-electron chi connectivity index (χ4n) is 0.474. The van der Waals surface area contributed by atoms with Gasteiger partial charge < -0.3 is 9.85 Å². The van der Waals surface area contributed by atoms with Crippen LogP contribution in [-0.4, -0.2) is 23.8 Å². The Morgan fingerprint density at radius 3 is 1.67 bits per heavy atom. The summed E-state index contributed by atoms with van der Waals surface area (Å²) in [5.41, 5.74) is -0.172. The molecule has 0 spiro atoms. The van der Waals surface area contributed by atoms with Gasteiger partial charge in [-0.3, -0.25) is 0 Å². The number of hydrogen-bond donors (Lipinski definition) is 0. The molecule has 0 aliphatic heterocycles. The van der Waals surface area contributed by atoms with Crippen molar-refractivity contribution in [2.24, 2.45) is 0 Å². The summed E-state index contributed by atoms with van der Waals surface area (Å²) < 4.78 is -0.160. The van der Waals surface area contributed by atoms with E-state index in [0.29, 0.717) is 6.54 Å². The summed E-state index contributed by atoms with van der Waals surface area (Å²) >= 11 is 0. The molecule has 2 nitrogen and oxygen atoms in total. The van der Waals surface area contributed by atoms with E-state index in [1.165, 1.54) is 0 Å². The molecular formula is C7H17NO. The van der Waals surface area contributed by atoms with Crippen LogP contribution >= 0.6 is 0 Å². The van der Waals surface area contributed by atoms with Crippen LogP contribution in [0.1, 0.15) is 27.7 Å². The fourth-order valence-corrected chi connectivity index (χ4v) is 0.474. The molecular weight excluding hydrogens is 114 g/mol. The van der Waals surface area contributed by atoms with E-state index in [0.717, 1.165) is 0 Å². The Bertz CT molecular complexity index is 91.6. The zero-order valence-corrected chi connectivity index (χ0v) is 7.06. The minimum absolute atomic E-state index is 0.160. The second-order valence-corrected chi connectivity index (χ2v) is 3.59. The maximum absolute atomic E-state index is 11.4. The summed E-state index contributed by atoms with van der Waals surface area (Å²) in [6, 6.07) is 0. The molecule has 0 bridgehead atoms. The van der Waals surface area contributed by atoms with Crippen molar-refractivity contribution < 1.29 is 4.65 Å². The molecule has 56 valence electrons. The average Bonchev–Trinajstić information content (AvgIpc) is 1.64. The van der Waals surface area contributed by atoms with Gasteiger partial charge in [0.05, 0.1) is 19.1 Å². The lowest BCUT2D eigenvalue weighted by molar-refractivity contribution is -0.906. The number of nitrogens with zero attached hydrogens (tertiary/aromatic N) is 1. The molecule has 0 amide bonds. The van der Waals surface area contributed by atoms with Gasteiger partial charge in [0.2, 0.25) is 0 Å². The molecule has 0 rings (SSSR count). The van der Waals surface area contributed by atoms with Gasteiger partial charge in [0.1, 0.15) is 0 Å². The van der Waals surface area contributed by atoms with E-state index in [-0.39, 0.29) is 10.2 Å². The van der Waals surface area contributed by atoms with E-state index in [4.69, 9.17) is 0 Å². The summed E-state index contributed by atoms with van der Waals surface area (Å²) in [5.74, 6) is 0. The first kappa shape index (κ1) is 8.92. The van der Waals surface area contributed by atoms with Gasteiger partial charge in [0.15, 0.2) is 0 Å². The second kappa shape index (κ2) is 2.27. The first-order valence-corrected chi connectivity index (χ1v) is 3.38. The molecule has 0 N–H and O–H groups in total. The number of rotatable bonds is 1. The second-order valence-electron chi connectivity index (χ2n) is 3.59. The van der Waals surface area contributed by atoms with Gasteiger partial charge in [-0.25, -0.2) is 0 Å². The van der Waals surface area contributed by atoms with Crippen LogP contribution in [0, 0.1) is 5.21 Å².